The lowest BCUT2D eigenvalue weighted by atomic mass is 10.1. The van der Waals surface area contributed by atoms with Gasteiger partial charge in [-0.05, 0) is 25.8 Å². The number of nitrogens with zero attached hydrogens (tertiary/aromatic N) is 4. The van der Waals surface area contributed by atoms with E-state index < -0.39 is 0 Å². The zero-order valence-electron chi connectivity index (χ0n) is 12.9. The molecule has 0 aromatic carbocycles. The van der Waals surface area contributed by atoms with Crippen molar-refractivity contribution in [2.45, 2.75) is 53.5 Å². The molecular formula is C15H23N5. The lowest BCUT2D eigenvalue weighted by molar-refractivity contribution is 0.730. The number of nitrogens with two attached hydrogens (primary N) is 1. The SMILES string of the molecule is CCc1c(C)nn(-c2cnc(C(C)C)nc2CN)c1C. The van der Waals surface area contributed by atoms with Crippen molar-refractivity contribution in [3.8, 4) is 5.69 Å². The number of hydrogen-bond donors (Lipinski definition) is 1. The summed E-state index contributed by atoms with van der Waals surface area (Å²) in [5, 5.41) is 4.62. The summed E-state index contributed by atoms with van der Waals surface area (Å²) in [5.74, 6) is 1.12. The molecule has 5 nitrogen and oxygen atoms in total. The molecule has 2 rings (SSSR count). The van der Waals surface area contributed by atoms with Crippen molar-refractivity contribution in [2.75, 3.05) is 0 Å². The Bertz CT molecular complexity index is 613. The van der Waals surface area contributed by atoms with Crippen molar-refractivity contribution in [3.05, 3.63) is 34.7 Å². The molecule has 0 aliphatic heterocycles. The fourth-order valence-electron chi connectivity index (χ4n) is 2.45. The van der Waals surface area contributed by atoms with Gasteiger partial charge in [-0.25, -0.2) is 14.6 Å². The summed E-state index contributed by atoms with van der Waals surface area (Å²) in [4.78, 5) is 9.02. The molecule has 0 unspecified atom stereocenters. The van der Waals surface area contributed by atoms with Gasteiger partial charge in [-0.15, -0.1) is 0 Å². The molecule has 0 radical (unpaired) electrons. The minimum atomic E-state index is 0.293. The predicted molar refractivity (Wildman–Crippen MR) is 80.0 cm³/mol. The van der Waals surface area contributed by atoms with E-state index >= 15 is 0 Å². The number of rotatable bonds is 4. The maximum absolute atomic E-state index is 5.85. The predicted octanol–water partition coefficient (Wildman–Crippen LogP) is 2.42. The first kappa shape index (κ1) is 14.7. The molecule has 5 heteroatoms. The van der Waals surface area contributed by atoms with Crippen LogP contribution in [0.1, 0.15) is 55.2 Å². The highest BCUT2D eigenvalue weighted by molar-refractivity contribution is 5.39. The van der Waals surface area contributed by atoms with Gasteiger partial charge in [0.05, 0.1) is 17.6 Å². The molecule has 108 valence electrons. The second-order valence-electron chi connectivity index (χ2n) is 5.33. The molecule has 2 aromatic rings. The molecule has 2 aromatic heterocycles. The first-order valence-corrected chi connectivity index (χ1v) is 7.10. The lowest BCUT2D eigenvalue weighted by Gasteiger charge is -2.12. The van der Waals surface area contributed by atoms with Crippen LogP contribution in [0.15, 0.2) is 6.20 Å². The van der Waals surface area contributed by atoms with Crippen LogP contribution >= 0.6 is 0 Å². The van der Waals surface area contributed by atoms with E-state index in [0.29, 0.717) is 12.5 Å². The summed E-state index contributed by atoms with van der Waals surface area (Å²) in [6.45, 7) is 10.8. The van der Waals surface area contributed by atoms with Gasteiger partial charge in [0.2, 0.25) is 0 Å². The van der Waals surface area contributed by atoms with E-state index in [1.54, 1.807) is 0 Å². The third-order valence-electron chi connectivity index (χ3n) is 3.60. The van der Waals surface area contributed by atoms with Gasteiger partial charge in [-0.2, -0.15) is 5.10 Å². The van der Waals surface area contributed by atoms with Crippen molar-refractivity contribution in [2.24, 2.45) is 5.73 Å². The molecule has 0 spiro atoms. The van der Waals surface area contributed by atoms with Crippen LogP contribution in [-0.2, 0) is 13.0 Å². The van der Waals surface area contributed by atoms with E-state index in [-0.39, 0.29) is 0 Å². The lowest BCUT2D eigenvalue weighted by Crippen LogP contribution is -2.13. The van der Waals surface area contributed by atoms with E-state index in [2.05, 4.69) is 42.8 Å². The van der Waals surface area contributed by atoms with Crippen LogP contribution in [0.2, 0.25) is 0 Å². The van der Waals surface area contributed by atoms with Crippen LogP contribution in [-0.4, -0.2) is 19.7 Å². The quantitative estimate of drug-likeness (QED) is 0.928. The third kappa shape index (κ3) is 2.45. The molecule has 2 heterocycles. The Labute approximate surface area is 120 Å². The molecule has 0 saturated carbocycles. The Morgan fingerprint density at radius 1 is 1.30 bits per heavy atom. The Kier molecular flexibility index (Phi) is 4.18. The maximum atomic E-state index is 5.85. The van der Waals surface area contributed by atoms with Crippen molar-refractivity contribution in [1.29, 1.82) is 0 Å². The normalized spacial score (nSPS) is 11.3. The minimum absolute atomic E-state index is 0.293. The third-order valence-corrected chi connectivity index (χ3v) is 3.60. The highest BCUT2D eigenvalue weighted by Gasteiger charge is 2.16. The van der Waals surface area contributed by atoms with E-state index in [1.165, 1.54) is 5.56 Å². The zero-order chi connectivity index (χ0) is 14.9. The van der Waals surface area contributed by atoms with Gasteiger partial charge in [-0.3, -0.25) is 0 Å². The van der Waals surface area contributed by atoms with Crippen molar-refractivity contribution < 1.29 is 0 Å². The molecule has 0 atom stereocenters. The average molecular weight is 273 g/mol. The molecule has 2 N–H and O–H groups in total. The zero-order valence-corrected chi connectivity index (χ0v) is 12.9. The topological polar surface area (TPSA) is 69.6 Å². The molecule has 0 bridgehead atoms. The smallest absolute Gasteiger partial charge is 0.131 e. The Hall–Kier alpha value is -1.75. The van der Waals surface area contributed by atoms with Gasteiger partial charge < -0.3 is 5.73 Å². The van der Waals surface area contributed by atoms with Gasteiger partial charge in [-0.1, -0.05) is 20.8 Å². The first-order chi connectivity index (χ1) is 9.49. The number of aromatic nitrogens is 4. The average Bonchev–Trinajstić information content (AvgIpc) is 2.72. The molecule has 0 aliphatic rings. The van der Waals surface area contributed by atoms with Crippen molar-refractivity contribution >= 4 is 0 Å². The van der Waals surface area contributed by atoms with Crippen LogP contribution in [0.3, 0.4) is 0 Å². The molecule has 0 saturated heterocycles. The van der Waals surface area contributed by atoms with Gasteiger partial charge in [0.1, 0.15) is 11.5 Å². The summed E-state index contributed by atoms with van der Waals surface area (Å²) >= 11 is 0. The monoisotopic (exact) mass is 273 g/mol. The largest absolute Gasteiger partial charge is 0.325 e. The van der Waals surface area contributed by atoms with Gasteiger partial charge >= 0.3 is 0 Å². The Morgan fingerprint density at radius 2 is 2.00 bits per heavy atom. The van der Waals surface area contributed by atoms with Gasteiger partial charge in [0.25, 0.3) is 0 Å². The second kappa shape index (κ2) is 5.71. The molecule has 20 heavy (non-hydrogen) atoms. The van der Waals surface area contributed by atoms with Crippen LogP contribution in [0, 0.1) is 13.8 Å². The molecule has 0 fully saturated rings. The first-order valence-electron chi connectivity index (χ1n) is 7.10. The standard InChI is InChI=1S/C15H23N5/c1-6-12-10(4)19-20(11(12)5)14-8-17-15(9(2)3)18-13(14)7-16/h8-9H,6-7,16H2,1-5H3. The van der Waals surface area contributed by atoms with Crippen LogP contribution in [0.5, 0.6) is 0 Å². The van der Waals surface area contributed by atoms with Crippen LogP contribution in [0.25, 0.3) is 5.69 Å². The van der Waals surface area contributed by atoms with E-state index in [1.807, 2.05) is 17.8 Å². The molecular weight excluding hydrogens is 250 g/mol. The number of hydrogen-bond acceptors (Lipinski definition) is 4. The van der Waals surface area contributed by atoms with E-state index in [4.69, 9.17) is 5.73 Å². The fraction of sp³-hybridized carbons (Fsp3) is 0.533. The maximum Gasteiger partial charge on any atom is 0.131 e. The number of aryl methyl sites for hydroxylation is 1. The Morgan fingerprint density at radius 3 is 2.50 bits per heavy atom. The van der Waals surface area contributed by atoms with Crippen molar-refractivity contribution in [3.63, 3.8) is 0 Å². The Balaban J connectivity index is 2.58. The summed E-state index contributed by atoms with van der Waals surface area (Å²) in [6, 6.07) is 0. The van der Waals surface area contributed by atoms with E-state index in [0.717, 1.165) is 35.0 Å². The summed E-state index contributed by atoms with van der Waals surface area (Å²) in [7, 11) is 0. The highest BCUT2D eigenvalue weighted by atomic mass is 15.3. The van der Waals surface area contributed by atoms with Gasteiger partial charge in [0, 0.05) is 18.2 Å². The summed E-state index contributed by atoms with van der Waals surface area (Å²) in [5.41, 5.74) is 11.1. The second-order valence-corrected chi connectivity index (χ2v) is 5.33. The highest BCUT2D eigenvalue weighted by Crippen LogP contribution is 2.21. The summed E-state index contributed by atoms with van der Waals surface area (Å²) < 4.78 is 1.92. The van der Waals surface area contributed by atoms with Crippen LogP contribution in [0.4, 0.5) is 0 Å². The minimum Gasteiger partial charge on any atom is -0.325 e. The molecule has 0 amide bonds. The fourth-order valence-corrected chi connectivity index (χ4v) is 2.45. The van der Waals surface area contributed by atoms with E-state index in [9.17, 15) is 0 Å². The van der Waals surface area contributed by atoms with Crippen molar-refractivity contribution in [1.82, 2.24) is 19.7 Å². The van der Waals surface area contributed by atoms with Crippen LogP contribution < -0.4 is 5.73 Å². The van der Waals surface area contributed by atoms with Gasteiger partial charge in [0.15, 0.2) is 0 Å². The molecule has 0 aliphatic carbocycles. The summed E-state index contributed by atoms with van der Waals surface area (Å²) in [6.07, 6.45) is 2.81.